The molecule has 1 aromatic rings. The van der Waals surface area contributed by atoms with Crippen LogP contribution in [0.3, 0.4) is 0 Å². The lowest BCUT2D eigenvalue weighted by molar-refractivity contribution is -0.116. The average molecular weight is 298 g/mol. The van der Waals surface area contributed by atoms with Gasteiger partial charge in [0.15, 0.2) is 0 Å². The Hall–Kier alpha value is -2.10. The maximum Gasteiger partial charge on any atom is 0.251 e. The number of hydrogen-bond acceptors (Lipinski definition) is 2. The molecule has 22 heavy (non-hydrogen) atoms. The molecule has 4 heteroatoms. The standard InChI is InChI=1S/C18H22N2O2/c1-12-6-7-14(18(22)19-15-8-9-15)11-16(12)20-17(21)10-13-4-2-3-5-13/h2,4,6-7,11,13,15H,3,5,8-10H2,1H3,(H,19,22)(H,20,21)/t13-/m1/s1. The lowest BCUT2D eigenvalue weighted by Gasteiger charge is -2.12. The molecule has 0 spiro atoms. The van der Waals surface area contributed by atoms with Gasteiger partial charge in [-0.3, -0.25) is 9.59 Å². The van der Waals surface area contributed by atoms with Gasteiger partial charge in [0.1, 0.15) is 0 Å². The number of rotatable bonds is 5. The highest BCUT2D eigenvalue weighted by Gasteiger charge is 2.24. The number of anilines is 1. The number of hydrogen-bond donors (Lipinski definition) is 2. The van der Waals surface area contributed by atoms with Crippen LogP contribution >= 0.6 is 0 Å². The Bertz CT molecular complexity index is 618. The summed E-state index contributed by atoms with van der Waals surface area (Å²) in [4.78, 5) is 24.2. The van der Waals surface area contributed by atoms with E-state index >= 15 is 0 Å². The molecule has 0 radical (unpaired) electrons. The Morgan fingerprint density at radius 3 is 2.73 bits per heavy atom. The van der Waals surface area contributed by atoms with Crippen molar-refractivity contribution in [1.29, 1.82) is 0 Å². The highest BCUT2D eigenvalue weighted by Crippen LogP contribution is 2.23. The van der Waals surface area contributed by atoms with E-state index in [9.17, 15) is 9.59 Å². The zero-order valence-electron chi connectivity index (χ0n) is 12.9. The molecule has 0 aromatic heterocycles. The SMILES string of the molecule is Cc1ccc(C(=O)NC2CC2)cc1NC(=O)C[C@@H]1C=CCC1. The molecular weight excluding hydrogens is 276 g/mol. The van der Waals surface area contributed by atoms with Crippen LogP contribution in [0.1, 0.15) is 48.0 Å². The second kappa shape index (κ2) is 6.34. The van der Waals surface area contributed by atoms with Crippen molar-refractivity contribution < 1.29 is 9.59 Å². The molecule has 2 aliphatic rings. The van der Waals surface area contributed by atoms with Crippen molar-refractivity contribution in [2.75, 3.05) is 5.32 Å². The third-order valence-electron chi connectivity index (χ3n) is 4.25. The van der Waals surface area contributed by atoms with Gasteiger partial charge >= 0.3 is 0 Å². The van der Waals surface area contributed by atoms with Crippen LogP contribution in [0.4, 0.5) is 5.69 Å². The number of allylic oxidation sites excluding steroid dienone is 2. The Morgan fingerprint density at radius 1 is 1.23 bits per heavy atom. The molecule has 116 valence electrons. The largest absolute Gasteiger partial charge is 0.349 e. The second-order valence-electron chi connectivity index (χ2n) is 6.30. The summed E-state index contributed by atoms with van der Waals surface area (Å²) in [7, 11) is 0. The summed E-state index contributed by atoms with van der Waals surface area (Å²) < 4.78 is 0. The van der Waals surface area contributed by atoms with Gasteiger partial charge in [0.05, 0.1) is 0 Å². The third-order valence-corrected chi connectivity index (χ3v) is 4.25. The molecule has 4 nitrogen and oxygen atoms in total. The van der Waals surface area contributed by atoms with E-state index in [1.807, 2.05) is 19.1 Å². The lowest BCUT2D eigenvalue weighted by atomic mass is 10.0. The number of amides is 2. The predicted octanol–water partition coefficient (Wildman–Crippen LogP) is 3.18. The zero-order chi connectivity index (χ0) is 15.5. The minimum atomic E-state index is -0.0586. The van der Waals surface area contributed by atoms with Crippen molar-refractivity contribution in [2.45, 2.75) is 45.1 Å². The van der Waals surface area contributed by atoms with Gasteiger partial charge in [0.2, 0.25) is 5.91 Å². The van der Waals surface area contributed by atoms with E-state index in [0.29, 0.717) is 23.9 Å². The number of benzene rings is 1. The fourth-order valence-corrected chi connectivity index (χ4v) is 2.70. The van der Waals surface area contributed by atoms with E-state index in [0.717, 1.165) is 36.9 Å². The minimum Gasteiger partial charge on any atom is -0.349 e. The van der Waals surface area contributed by atoms with Crippen LogP contribution in [0, 0.1) is 12.8 Å². The predicted molar refractivity (Wildman–Crippen MR) is 86.8 cm³/mol. The molecule has 1 fully saturated rings. The summed E-state index contributed by atoms with van der Waals surface area (Å²) in [6, 6.07) is 5.80. The molecule has 1 aromatic carbocycles. The fraction of sp³-hybridized carbons (Fsp3) is 0.444. The topological polar surface area (TPSA) is 58.2 Å². The number of aryl methyl sites for hydroxylation is 1. The molecule has 2 N–H and O–H groups in total. The molecule has 2 aliphatic carbocycles. The van der Waals surface area contributed by atoms with E-state index in [-0.39, 0.29) is 11.8 Å². The van der Waals surface area contributed by atoms with Crippen molar-refractivity contribution in [2.24, 2.45) is 5.92 Å². The summed E-state index contributed by atoms with van der Waals surface area (Å²) in [6.07, 6.45) is 9.00. The van der Waals surface area contributed by atoms with Gasteiger partial charge in [-0.1, -0.05) is 18.2 Å². The minimum absolute atomic E-state index is 0.0133. The maximum absolute atomic E-state index is 12.1. The van der Waals surface area contributed by atoms with E-state index < -0.39 is 0 Å². The molecule has 1 saturated carbocycles. The van der Waals surface area contributed by atoms with Crippen molar-refractivity contribution >= 4 is 17.5 Å². The van der Waals surface area contributed by atoms with Crippen molar-refractivity contribution in [3.63, 3.8) is 0 Å². The second-order valence-corrected chi connectivity index (χ2v) is 6.30. The smallest absolute Gasteiger partial charge is 0.251 e. The van der Waals surface area contributed by atoms with Crippen LogP contribution in [0.2, 0.25) is 0 Å². The number of carbonyl (C=O) groups excluding carboxylic acids is 2. The quantitative estimate of drug-likeness (QED) is 0.820. The van der Waals surface area contributed by atoms with Gasteiger partial charge < -0.3 is 10.6 Å². The van der Waals surface area contributed by atoms with Crippen LogP contribution in [0.5, 0.6) is 0 Å². The average Bonchev–Trinajstić information content (AvgIpc) is 3.15. The van der Waals surface area contributed by atoms with Crippen molar-refractivity contribution in [3.05, 3.63) is 41.5 Å². The number of nitrogens with one attached hydrogen (secondary N) is 2. The summed E-state index contributed by atoms with van der Waals surface area (Å²) in [6.45, 7) is 1.94. The number of carbonyl (C=O) groups is 2. The van der Waals surface area contributed by atoms with E-state index in [4.69, 9.17) is 0 Å². The van der Waals surface area contributed by atoms with Gasteiger partial charge in [-0.2, -0.15) is 0 Å². The van der Waals surface area contributed by atoms with Gasteiger partial charge in [0, 0.05) is 23.7 Å². The van der Waals surface area contributed by atoms with E-state index in [2.05, 4.69) is 22.8 Å². The fourth-order valence-electron chi connectivity index (χ4n) is 2.70. The first kappa shape index (κ1) is 14.8. The Balaban J connectivity index is 1.64. The monoisotopic (exact) mass is 298 g/mol. The molecule has 0 heterocycles. The highest BCUT2D eigenvalue weighted by atomic mass is 16.2. The molecule has 0 bridgehead atoms. The lowest BCUT2D eigenvalue weighted by Crippen LogP contribution is -2.25. The first-order valence-electron chi connectivity index (χ1n) is 8.00. The highest BCUT2D eigenvalue weighted by molar-refractivity contribution is 5.98. The normalized spacial score (nSPS) is 20.0. The molecule has 0 aliphatic heterocycles. The first-order chi connectivity index (χ1) is 10.6. The van der Waals surface area contributed by atoms with Crippen LogP contribution in [0.25, 0.3) is 0 Å². The Kier molecular flexibility index (Phi) is 4.27. The van der Waals surface area contributed by atoms with Crippen LogP contribution in [0.15, 0.2) is 30.4 Å². The van der Waals surface area contributed by atoms with Gasteiger partial charge in [-0.15, -0.1) is 0 Å². The summed E-state index contributed by atoms with van der Waals surface area (Å²) in [5.41, 5.74) is 2.31. The molecule has 0 unspecified atom stereocenters. The van der Waals surface area contributed by atoms with Crippen molar-refractivity contribution in [1.82, 2.24) is 5.32 Å². The van der Waals surface area contributed by atoms with Crippen LogP contribution < -0.4 is 10.6 Å². The van der Waals surface area contributed by atoms with Crippen LogP contribution in [-0.2, 0) is 4.79 Å². The summed E-state index contributed by atoms with van der Waals surface area (Å²) in [5, 5.41) is 5.92. The van der Waals surface area contributed by atoms with Gasteiger partial charge in [-0.05, 0) is 56.2 Å². The Morgan fingerprint density at radius 2 is 2.05 bits per heavy atom. The summed E-state index contributed by atoms with van der Waals surface area (Å²) >= 11 is 0. The zero-order valence-corrected chi connectivity index (χ0v) is 12.9. The molecule has 2 amide bonds. The first-order valence-corrected chi connectivity index (χ1v) is 8.00. The van der Waals surface area contributed by atoms with E-state index in [1.165, 1.54) is 0 Å². The molecule has 1 atom stereocenters. The summed E-state index contributed by atoms with van der Waals surface area (Å²) in [5.74, 6) is 0.304. The van der Waals surface area contributed by atoms with Crippen LogP contribution in [-0.4, -0.2) is 17.9 Å². The third kappa shape index (κ3) is 3.75. The van der Waals surface area contributed by atoms with Gasteiger partial charge in [-0.25, -0.2) is 0 Å². The van der Waals surface area contributed by atoms with Gasteiger partial charge in [0.25, 0.3) is 5.91 Å². The molecule has 0 saturated heterocycles. The van der Waals surface area contributed by atoms with Crippen molar-refractivity contribution in [3.8, 4) is 0 Å². The molecule has 3 rings (SSSR count). The maximum atomic E-state index is 12.1. The Labute approximate surface area is 131 Å². The molecular formula is C18H22N2O2. The van der Waals surface area contributed by atoms with E-state index in [1.54, 1.807) is 6.07 Å².